The van der Waals surface area contributed by atoms with Gasteiger partial charge in [0.05, 0.1) is 0 Å². The van der Waals surface area contributed by atoms with E-state index in [1.165, 1.54) is 25.7 Å². The number of hydrogen-bond donors (Lipinski definition) is 0. The van der Waals surface area contributed by atoms with Crippen LogP contribution in [0.15, 0.2) is 127 Å². The van der Waals surface area contributed by atoms with Crippen LogP contribution in [0.5, 0.6) is 0 Å². The summed E-state index contributed by atoms with van der Waals surface area (Å²) in [4.78, 5) is 33.3. The summed E-state index contributed by atoms with van der Waals surface area (Å²) in [6, 6.07) is 33.8. The first-order valence-electron chi connectivity index (χ1n) is 23.2. The van der Waals surface area contributed by atoms with E-state index >= 15 is 0 Å². The number of nitrogens with zero attached hydrogens (tertiary/aromatic N) is 8. The van der Waals surface area contributed by atoms with E-state index < -0.39 is 14.4 Å². The first-order valence-corrected chi connectivity index (χ1v) is 26.8. The fourth-order valence-electron chi connectivity index (χ4n) is 13.5. The molecule has 4 aromatic carbocycles. The number of aromatic nitrogens is 2. The maximum atomic E-state index is 8.18. The Morgan fingerprint density at radius 1 is 0.476 bits per heavy atom. The van der Waals surface area contributed by atoms with Crippen molar-refractivity contribution >= 4 is 70.9 Å². The van der Waals surface area contributed by atoms with Crippen molar-refractivity contribution < 1.29 is 7.53 Å². The second kappa shape index (κ2) is 12.9. The molecule has 6 atom stereocenters. The van der Waals surface area contributed by atoms with Crippen LogP contribution in [0.3, 0.4) is 0 Å². The van der Waals surface area contributed by atoms with Gasteiger partial charge in [0.2, 0.25) is 0 Å². The monoisotopic (exact) mass is 892 g/mol. The molecule has 6 heterocycles. The molecule has 0 spiro atoms. The molecule has 0 radical (unpaired) electrons. The fourth-order valence-corrected chi connectivity index (χ4v) is 20.7. The van der Waals surface area contributed by atoms with Crippen molar-refractivity contribution in [1.29, 1.82) is 0 Å². The van der Waals surface area contributed by atoms with Crippen LogP contribution < -0.4 is 11.0 Å². The van der Waals surface area contributed by atoms with E-state index in [-0.39, 0.29) is 10.8 Å². The van der Waals surface area contributed by atoms with E-state index in [9.17, 15) is 0 Å². The Morgan fingerprint density at radius 2 is 0.857 bits per heavy atom. The summed E-state index contributed by atoms with van der Waals surface area (Å²) in [5.41, 5.74) is 5.85. The van der Waals surface area contributed by atoms with E-state index in [2.05, 4.69) is 132 Å². The molecule has 6 unspecified atom stereocenters. The van der Waals surface area contributed by atoms with E-state index in [1.54, 1.807) is 0 Å². The molecule has 10 bridgehead atoms. The van der Waals surface area contributed by atoms with E-state index in [4.69, 9.17) is 37.5 Å². The number of rotatable bonds is 6. The van der Waals surface area contributed by atoms with Gasteiger partial charge >= 0.3 is 371 Å². The van der Waals surface area contributed by atoms with Crippen molar-refractivity contribution in [2.75, 3.05) is 13.2 Å². The van der Waals surface area contributed by atoms with Crippen LogP contribution in [-0.4, -0.2) is 58.0 Å². The Morgan fingerprint density at radius 3 is 1.25 bits per heavy atom. The van der Waals surface area contributed by atoms with Crippen LogP contribution in [0.25, 0.3) is 21.5 Å². The minimum atomic E-state index is -5.05. The second-order valence-corrected chi connectivity index (χ2v) is 26.1. The Labute approximate surface area is 369 Å². The third-order valence-electron chi connectivity index (χ3n) is 17.3. The molecule has 16 rings (SSSR count). The molecule has 4 aliphatic heterocycles. The van der Waals surface area contributed by atoms with Gasteiger partial charge in [-0.25, -0.2) is 0 Å². The normalized spacial score (nSPS) is 29.5. The van der Waals surface area contributed by atoms with Crippen LogP contribution in [0.4, 0.5) is 11.6 Å². The average molecular weight is 892 g/mol. The summed E-state index contributed by atoms with van der Waals surface area (Å²) >= 11 is -5.05. The molecule has 6 aromatic rings. The molecule has 63 heavy (non-hydrogen) atoms. The molecular weight excluding hydrogens is 841 g/mol. The van der Waals surface area contributed by atoms with Gasteiger partial charge in [-0.05, 0) is 0 Å². The Kier molecular flexibility index (Phi) is 7.61. The quantitative estimate of drug-likeness (QED) is 0.156. The molecule has 6 fully saturated rings. The summed E-state index contributed by atoms with van der Waals surface area (Å²) in [6.45, 7) is 11.1. The molecule has 6 saturated carbocycles. The third-order valence-corrected chi connectivity index (χ3v) is 23.7. The van der Waals surface area contributed by atoms with E-state index in [0.717, 1.165) is 91.1 Å². The Hall–Kier alpha value is -5.30. The van der Waals surface area contributed by atoms with Gasteiger partial charge in [-0.15, -0.1) is 0 Å². The van der Waals surface area contributed by atoms with Crippen molar-refractivity contribution in [3.05, 3.63) is 130 Å². The molecule has 0 amide bonds. The zero-order chi connectivity index (χ0) is 42.0. The van der Waals surface area contributed by atoms with Gasteiger partial charge in [-0.1, -0.05) is 0 Å². The molecule has 2 aromatic heterocycles. The van der Waals surface area contributed by atoms with E-state index in [0.29, 0.717) is 60.2 Å². The topological polar surface area (TPSA) is 102 Å². The van der Waals surface area contributed by atoms with Crippen LogP contribution in [-0.2, 0) is 7.53 Å². The van der Waals surface area contributed by atoms with Crippen molar-refractivity contribution in [1.82, 2.24) is 7.05 Å². The molecule has 10 nitrogen and oxygen atoms in total. The van der Waals surface area contributed by atoms with Crippen molar-refractivity contribution in [2.24, 2.45) is 76.3 Å². The zero-order valence-electron chi connectivity index (χ0n) is 36.3. The van der Waals surface area contributed by atoms with Crippen molar-refractivity contribution in [2.45, 2.75) is 66.2 Å². The molecule has 10 aliphatic rings. The molecule has 0 N–H and O–H groups in total. The molecule has 314 valence electrons. The predicted molar refractivity (Wildman–Crippen MR) is 249 cm³/mol. The van der Waals surface area contributed by atoms with Gasteiger partial charge in [0.1, 0.15) is 0 Å². The van der Waals surface area contributed by atoms with Gasteiger partial charge < -0.3 is 0 Å². The molecule has 11 heteroatoms. The van der Waals surface area contributed by atoms with Crippen LogP contribution >= 0.6 is 0 Å². The first-order chi connectivity index (χ1) is 30.7. The van der Waals surface area contributed by atoms with Crippen LogP contribution in [0.1, 0.15) is 88.5 Å². The SMILES string of the molecule is CC1(C)C2CCC(C[O][Ge]3([O]CC4CCC5CC4C5(C)C)[n]4c5c6ccccc6c4N=C4N=C(N=c6c7ccccc7c([n]63)=NC3=NC(=N5)c5ccccc53)c3ccccc34)C1C2. The summed E-state index contributed by atoms with van der Waals surface area (Å²) in [6.07, 6.45) is 7.28. The Balaban J connectivity index is 1.15. The van der Waals surface area contributed by atoms with Gasteiger partial charge in [0.25, 0.3) is 0 Å². The molecule has 6 aliphatic carbocycles. The van der Waals surface area contributed by atoms with Crippen LogP contribution in [0, 0.1) is 46.3 Å². The van der Waals surface area contributed by atoms with Gasteiger partial charge in [-0.3, -0.25) is 0 Å². The third kappa shape index (κ3) is 4.97. The second-order valence-electron chi connectivity index (χ2n) is 20.7. The van der Waals surface area contributed by atoms with Crippen LogP contribution in [0.2, 0.25) is 0 Å². The van der Waals surface area contributed by atoms with Crippen molar-refractivity contribution in [3.63, 3.8) is 0 Å². The number of hydrogen-bond acceptors (Lipinski definition) is 8. The fraction of sp³-hybridized carbons (Fsp3) is 0.385. The minimum absolute atomic E-state index is 0.282. The summed E-state index contributed by atoms with van der Waals surface area (Å²) in [5.74, 6) is 7.48. The van der Waals surface area contributed by atoms with Gasteiger partial charge in [0, 0.05) is 0 Å². The number of fused-ring (bicyclic) bond motifs is 18. The summed E-state index contributed by atoms with van der Waals surface area (Å²) in [7, 11) is 0. The summed E-state index contributed by atoms with van der Waals surface area (Å²) in [5, 5.41) is 3.88. The summed E-state index contributed by atoms with van der Waals surface area (Å²) < 4.78 is 21.0. The van der Waals surface area contributed by atoms with Gasteiger partial charge in [0.15, 0.2) is 0 Å². The molecule has 0 saturated heterocycles. The standard InChI is InChI=1S/C52H50GeN8O2/c1-51(2)31-23-21-29(41(51)25-31)27-62-53(63-28-30-22-24-32-26-42(30)52(32,3)4)60-47-37-17-9-10-18-38(37)49(60)58-45-35-15-7-8-16-36(35)46(55-45)59-50-40-20-12-11-19-39(40)48(61(50)53)57-44-34-14-6-5-13-33(34)43(54-44)56-47/h5-20,29-32,41-42H,21-28H2,1-4H3. The Bertz CT molecular complexity index is 3070. The first kappa shape index (κ1) is 37.1. The van der Waals surface area contributed by atoms with Gasteiger partial charge in [-0.2, -0.15) is 0 Å². The predicted octanol–water partition coefficient (Wildman–Crippen LogP) is 9.55. The van der Waals surface area contributed by atoms with Crippen molar-refractivity contribution in [3.8, 4) is 0 Å². The van der Waals surface area contributed by atoms with E-state index in [1.807, 2.05) is 0 Å². The average Bonchev–Trinajstić information content (AvgIpc) is 4.03. The number of aliphatic imine (C=N–C) groups is 4. The maximum absolute atomic E-state index is 8.18. The molecular formula is C52H50GeN8O2. The number of benzene rings is 4. The zero-order valence-corrected chi connectivity index (χ0v) is 38.4. The number of amidine groups is 4.